The molecular formula is C17H14ClN3O. The van der Waals surface area contributed by atoms with Gasteiger partial charge in [-0.1, -0.05) is 54.1 Å². The van der Waals surface area contributed by atoms with E-state index in [2.05, 4.69) is 10.2 Å². The van der Waals surface area contributed by atoms with Gasteiger partial charge in [-0.25, -0.2) is 0 Å². The fourth-order valence-corrected chi connectivity index (χ4v) is 2.35. The third-order valence-electron chi connectivity index (χ3n) is 3.47. The largest absolute Gasteiger partial charge is 0.296 e. The number of nitrogens with zero attached hydrogens (tertiary/aromatic N) is 2. The zero-order valence-electron chi connectivity index (χ0n) is 11.7. The average molecular weight is 312 g/mol. The van der Waals surface area contributed by atoms with Crippen molar-refractivity contribution in [2.24, 2.45) is 16.0 Å². The van der Waals surface area contributed by atoms with Gasteiger partial charge in [0.25, 0.3) is 0 Å². The highest BCUT2D eigenvalue weighted by molar-refractivity contribution is 6.30. The van der Waals surface area contributed by atoms with Crippen molar-refractivity contribution >= 4 is 23.1 Å². The number of hydrogen-bond donors (Lipinski definition) is 1. The summed E-state index contributed by atoms with van der Waals surface area (Å²) in [5.74, 6) is -0.189. The normalized spacial score (nSPS) is 20.0. The van der Waals surface area contributed by atoms with E-state index in [1.807, 2.05) is 42.5 Å². The molecule has 0 fully saturated rings. The highest BCUT2D eigenvalue weighted by Gasteiger charge is 2.35. The van der Waals surface area contributed by atoms with Crippen LogP contribution in [0.1, 0.15) is 11.1 Å². The number of azo groups is 1. The number of carbonyl (C=O) groups excluding carboxylic acids is 1. The lowest BCUT2D eigenvalue weighted by Gasteiger charge is -2.14. The molecule has 0 saturated carbocycles. The molecule has 4 nitrogen and oxygen atoms in total. The molecule has 2 aromatic rings. The van der Waals surface area contributed by atoms with Crippen molar-refractivity contribution in [3.63, 3.8) is 0 Å². The van der Waals surface area contributed by atoms with Gasteiger partial charge in [0.2, 0.25) is 5.66 Å². The highest BCUT2D eigenvalue weighted by Crippen LogP contribution is 2.29. The molecule has 0 aliphatic carbocycles. The van der Waals surface area contributed by atoms with Crippen LogP contribution in [-0.4, -0.2) is 11.4 Å². The molecule has 0 amide bonds. The number of carbonyl (C=O) groups is 1. The summed E-state index contributed by atoms with van der Waals surface area (Å²) in [6, 6.07) is 16.6. The van der Waals surface area contributed by atoms with E-state index in [0.717, 1.165) is 11.1 Å². The molecule has 0 radical (unpaired) electrons. The van der Waals surface area contributed by atoms with Gasteiger partial charge in [0.05, 0.1) is 5.70 Å². The second-order valence-corrected chi connectivity index (χ2v) is 5.58. The molecule has 1 heterocycles. The average Bonchev–Trinajstić information content (AvgIpc) is 2.93. The smallest absolute Gasteiger partial charge is 0.209 e. The molecule has 0 saturated heterocycles. The first-order chi connectivity index (χ1) is 10.6. The lowest BCUT2D eigenvalue weighted by Crippen LogP contribution is -2.43. The number of rotatable bonds is 4. The Morgan fingerprint density at radius 2 is 1.77 bits per heavy atom. The minimum Gasteiger partial charge on any atom is -0.296 e. The lowest BCUT2D eigenvalue weighted by atomic mass is 9.98. The van der Waals surface area contributed by atoms with Gasteiger partial charge in [0.1, 0.15) is 0 Å². The van der Waals surface area contributed by atoms with Crippen molar-refractivity contribution in [1.29, 1.82) is 0 Å². The Bertz CT molecular complexity index is 753. The lowest BCUT2D eigenvalue weighted by molar-refractivity contribution is -0.121. The number of ketones is 1. The van der Waals surface area contributed by atoms with E-state index < -0.39 is 5.66 Å². The second-order valence-electron chi connectivity index (χ2n) is 5.15. The molecule has 1 aliphatic rings. The maximum absolute atomic E-state index is 12.4. The van der Waals surface area contributed by atoms with E-state index in [-0.39, 0.29) is 12.2 Å². The minimum atomic E-state index is -1.40. The summed E-state index contributed by atoms with van der Waals surface area (Å²) in [5, 5.41) is 8.66. The molecule has 0 bridgehead atoms. The number of benzene rings is 2. The number of halogens is 1. The zero-order valence-corrected chi connectivity index (χ0v) is 12.5. The van der Waals surface area contributed by atoms with Gasteiger partial charge < -0.3 is 0 Å². The van der Waals surface area contributed by atoms with Gasteiger partial charge in [-0.15, -0.1) is 0 Å². The van der Waals surface area contributed by atoms with Gasteiger partial charge in [-0.2, -0.15) is 10.2 Å². The Kier molecular flexibility index (Phi) is 3.88. The van der Waals surface area contributed by atoms with Crippen molar-refractivity contribution < 1.29 is 4.79 Å². The van der Waals surface area contributed by atoms with Crippen LogP contribution in [0.5, 0.6) is 0 Å². The fraction of sp³-hybridized carbons (Fsp3) is 0.118. The number of nitrogens with two attached hydrogens (primary N) is 1. The topological polar surface area (TPSA) is 67.8 Å². The molecule has 0 aromatic heterocycles. The zero-order chi connectivity index (χ0) is 15.6. The third-order valence-corrected chi connectivity index (χ3v) is 3.73. The summed E-state index contributed by atoms with van der Waals surface area (Å²) in [6.07, 6.45) is 1.82. The minimum absolute atomic E-state index is 0.189. The monoisotopic (exact) mass is 311 g/mol. The molecule has 1 unspecified atom stereocenters. The summed E-state index contributed by atoms with van der Waals surface area (Å²) in [7, 11) is 0. The van der Waals surface area contributed by atoms with E-state index >= 15 is 0 Å². The molecule has 1 aliphatic heterocycles. The van der Waals surface area contributed by atoms with E-state index in [1.54, 1.807) is 18.2 Å². The molecule has 2 aromatic carbocycles. The quantitative estimate of drug-likeness (QED) is 0.937. The van der Waals surface area contributed by atoms with Crippen LogP contribution < -0.4 is 5.73 Å². The van der Waals surface area contributed by atoms with E-state index in [1.165, 1.54) is 0 Å². The van der Waals surface area contributed by atoms with Crippen molar-refractivity contribution in [3.8, 4) is 0 Å². The van der Waals surface area contributed by atoms with Crippen molar-refractivity contribution in [3.05, 3.63) is 76.8 Å². The van der Waals surface area contributed by atoms with Gasteiger partial charge >= 0.3 is 0 Å². The molecular weight excluding hydrogens is 298 g/mol. The summed E-state index contributed by atoms with van der Waals surface area (Å²) in [6.45, 7) is 0. The molecule has 3 rings (SSSR count). The molecule has 22 heavy (non-hydrogen) atoms. The Morgan fingerprint density at radius 1 is 1.09 bits per heavy atom. The van der Waals surface area contributed by atoms with Crippen LogP contribution in [0.3, 0.4) is 0 Å². The van der Waals surface area contributed by atoms with Crippen LogP contribution in [0.25, 0.3) is 5.70 Å². The first kappa shape index (κ1) is 14.6. The molecule has 110 valence electrons. The number of hydrogen-bond acceptors (Lipinski definition) is 4. The van der Waals surface area contributed by atoms with E-state index in [4.69, 9.17) is 17.3 Å². The summed E-state index contributed by atoms with van der Waals surface area (Å²) in [5.41, 5.74) is 7.01. The fourth-order valence-electron chi connectivity index (χ4n) is 2.22. The summed E-state index contributed by atoms with van der Waals surface area (Å²) >= 11 is 5.86. The predicted molar refractivity (Wildman–Crippen MR) is 86.4 cm³/mol. The van der Waals surface area contributed by atoms with E-state index in [9.17, 15) is 4.79 Å². The van der Waals surface area contributed by atoms with Crippen LogP contribution in [-0.2, 0) is 11.2 Å². The van der Waals surface area contributed by atoms with Gasteiger partial charge in [-0.3, -0.25) is 10.5 Å². The maximum Gasteiger partial charge on any atom is 0.209 e. The molecule has 0 spiro atoms. The maximum atomic E-state index is 12.4. The molecule has 1 atom stereocenters. The second kappa shape index (κ2) is 5.83. The van der Waals surface area contributed by atoms with Crippen molar-refractivity contribution in [2.75, 3.05) is 0 Å². The highest BCUT2D eigenvalue weighted by atomic mass is 35.5. The van der Waals surface area contributed by atoms with Crippen LogP contribution in [0.2, 0.25) is 5.02 Å². The Hall–Kier alpha value is -2.30. The van der Waals surface area contributed by atoms with Crippen molar-refractivity contribution in [2.45, 2.75) is 12.1 Å². The first-order valence-electron chi connectivity index (χ1n) is 6.85. The summed E-state index contributed by atoms with van der Waals surface area (Å²) < 4.78 is 0. The third kappa shape index (κ3) is 2.98. The van der Waals surface area contributed by atoms with Crippen LogP contribution in [0.4, 0.5) is 0 Å². The van der Waals surface area contributed by atoms with Crippen molar-refractivity contribution in [1.82, 2.24) is 0 Å². The van der Waals surface area contributed by atoms with Gasteiger partial charge in [0, 0.05) is 17.0 Å². The SMILES string of the molecule is NC1(C(=O)Cc2ccccc2)C=C(c2ccc(Cl)cc2)N=N1. The Balaban J connectivity index is 1.81. The van der Waals surface area contributed by atoms with Crippen LogP contribution >= 0.6 is 11.6 Å². The summed E-state index contributed by atoms with van der Waals surface area (Å²) in [4.78, 5) is 12.4. The molecule has 5 heteroatoms. The molecule has 2 N–H and O–H groups in total. The van der Waals surface area contributed by atoms with Crippen LogP contribution in [0, 0.1) is 0 Å². The van der Waals surface area contributed by atoms with Gasteiger partial charge in [-0.05, 0) is 23.8 Å². The Labute approximate surface area is 133 Å². The Morgan fingerprint density at radius 3 is 2.45 bits per heavy atom. The predicted octanol–water partition coefficient (Wildman–Crippen LogP) is 3.61. The number of Topliss-reactive ketones (excluding diaryl/α,β-unsaturated/α-hetero) is 1. The van der Waals surface area contributed by atoms with Crippen LogP contribution in [0.15, 0.2) is 70.9 Å². The van der Waals surface area contributed by atoms with E-state index in [0.29, 0.717) is 10.7 Å². The first-order valence-corrected chi connectivity index (χ1v) is 7.22. The van der Waals surface area contributed by atoms with Gasteiger partial charge in [0.15, 0.2) is 5.78 Å². The standard InChI is InChI=1S/C17H14ClN3O/c18-14-8-6-13(7-9-14)15-11-17(19,21-20-15)16(22)10-12-4-2-1-3-5-12/h1-9,11H,10,19H2.